The summed E-state index contributed by atoms with van der Waals surface area (Å²) in [4.78, 5) is 0. The zero-order valence-corrected chi connectivity index (χ0v) is 19.3. The molecule has 0 aliphatic rings. The van der Waals surface area contributed by atoms with Gasteiger partial charge < -0.3 is 0 Å². The molecule has 0 aliphatic heterocycles. The molecule has 5 unspecified atom stereocenters. The number of hydrogen-bond acceptors (Lipinski definition) is 0. The molecule has 0 radical (unpaired) electrons. The van der Waals surface area contributed by atoms with E-state index in [9.17, 15) is 0 Å². The number of allylic oxidation sites excluding steroid dienone is 4. The lowest BCUT2D eigenvalue weighted by Crippen LogP contribution is -2.11. The molecule has 0 rings (SSSR count). The van der Waals surface area contributed by atoms with Crippen molar-refractivity contribution in [3.8, 4) is 0 Å². The Morgan fingerprint density at radius 1 is 0.769 bits per heavy atom. The molecular formula is C26H48. The van der Waals surface area contributed by atoms with Crippen molar-refractivity contribution in [1.29, 1.82) is 0 Å². The highest BCUT2D eigenvalue weighted by Gasteiger charge is 2.16. The quantitative estimate of drug-likeness (QED) is 0.271. The van der Waals surface area contributed by atoms with Crippen LogP contribution in [-0.2, 0) is 0 Å². The van der Waals surface area contributed by atoms with E-state index in [1.807, 2.05) is 0 Å². The minimum Gasteiger partial charge on any atom is -0.0956 e. The molecule has 0 aromatic heterocycles. The predicted molar refractivity (Wildman–Crippen MR) is 122 cm³/mol. The van der Waals surface area contributed by atoms with Crippen LogP contribution in [0.3, 0.4) is 0 Å². The summed E-state index contributed by atoms with van der Waals surface area (Å²) in [6, 6.07) is 0. The Hall–Kier alpha value is -0.780. The van der Waals surface area contributed by atoms with Crippen LogP contribution in [-0.4, -0.2) is 0 Å². The Balaban J connectivity index is 4.44. The maximum atomic E-state index is 4.36. The van der Waals surface area contributed by atoms with Gasteiger partial charge in [-0.3, -0.25) is 0 Å². The summed E-state index contributed by atoms with van der Waals surface area (Å²) in [5, 5.41) is 0. The molecule has 0 amide bonds. The Kier molecular flexibility index (Phi) is 13.0. The largest absolute Gasteiger partial charge is 0.0956 e. The first-order valence-corrected chi connectivity index (χ1v) is 11.2. The van der Waals surface area contributed by atoms with Gasteiger partial charge in [-0.2, -0.15) is 0 Å². The third-order valence-electron chi connectivity index (χ3n) is 6.70. The van der Waals surface area contributed by atoms with Crippen LogP contribution in [0, 0.1) is 29.6 Å². The molecular weight excluding hydrogens is 312 g/mol. The fourth-order valence-electron chi connectivity index (χ4n) is 3.53. The van der Waals surface area contributed by atoms with Gasteiger partial charge in [0.25, 0.3) is 0 Å². The molecule has 0 nitrogen and oxygen atoms in total. The molecule has 0 heteroatoms. The molecule has 152 valence electrons. The van der Waals surface area contributed by atoms with Crippen LogP contribution in [0.4, 0.5) is 0 Å². The monoisotopic (exact) mass is 360 g/mol. The first-order chi connectivity index (χ1) is 12.1. The molecule has 0 heterocycles. The summed E-state index contributed by atoms with van der Waals surface area (Å²) in [7, 11) is 0. The van der Waals surface area contributed by atoms with Gasteiger partial charge in [-0.1, -0.05) is 99.0 Å². The average molecular weight is 361 g/mol. The van der Waals surface area contributed by atoms with Crippen molar-refractivity contribution < 1.29 is 0 Å². The molecule has 0 fully saturated rings. The van der Waals surface area contributed by atoms with E-state index in [1.165, 1.54) is 61.7 Å². The van der Waals surface area contributed by atoms with E-state index in [-0.39, 0.29) is 0 Å². The predicted octanol–water partition coefficient (Wildman–Crippen LogP) is 9.00. The highest BCUT2D eigenvalue weighted by Crippen LogP contribution is 2.29. The fourth-order valence-corrected chi connectivity index (χ4v) is 3.53. The van der Waals surface area contributed by atoms with Gasteiger partial charge in [-0.05, 0) is 66.9 Å². The number of hydrogen-bond donors (Lipinski definition) is 0. The van der Waals surface area contributed by atoms with E-state index in [2.05, 4.69) is 74.6 Å². The zero-order valence-electron chi connectivity index (χ0n) is 19.3. The van der Waals surface area contributed by atoms with E-state index in [0.717, 1.165) is 17.8 Å². The normalized spacial score (nSPS) is 18.1. The Labute approximate surface area is 166 Å². The molecule has 0 aromatic carbocycles. The Morgan fingerprint density at radius 2 is 1.31 bits per heavy atom. The standard InChI is InChI=1S/C26H48/c1-11-13-23(7)26(10)25(9)18-24(8)22(6)17-16-21(5)20(4)15-14-19(3)12-2/h18-23H,8,10-17H2,1-7,9H3/b25-18-. The van der Waals surface area contributed by atoms with Crippen molar-refractivity contribution in [3.05, 3.63) is 36.0 Å². The van der Waals surface area contributed by atoms with Crippen LogP contribution in [0.5, 0.6) is 0 Å². The van der Waals surface area contributed by atoms with E-state index in [0.29, 0.717) is 11.8 Å². The smallest absolute Gasteiger partial charge is 0.0194 e. The zero-order chi connectivity index (χ0) is 20.3. The van der Waals surface area contributed by atoms with E-state index >= 15 is 0 Å². The second-order valence-corrected chi connectivity index (χ2v) is 9.14. The van der Waals surface area contributed by atoms with Gasteiger partial charge in [-0.25, -0.2) is 0 Å². The number of rotatable bonds is 14. The molecule has 0 aliphatic carbocycles. The maximum absolute atomic E-state index is 4.36. The minimum atomic E-state index is 0.559. The van der Waals surface area contributed by atoms with Crippen molar-refractivity contribution >= 4 is 0 Å². The molecule has 0 spiro atoms. The molecule has 0 aromatic rings. The van der Waals surface area contributed by atoms with E-state index in [4.69, 9.17) is 0 Å². The van der Waals surface area contributed by atoms with Gasteiger partial charge in [0.2, 0.25) is 0 Å². The topological polar surface area (TPSA) is 0 Å². The van der Waals surface area contributed by atoms with Gasteiger partial charge in [0.05, 0.1) is 0 Å². The van der Waals surface area contributed by atoms with Crippen molar-refractivity contribution in [1.82, 2.24) is 0 Å². The van der Waals surface area contributed by atoms with Crippen molar-refractivity contribution in [2.45, 2.75) is 100 Å². The van der Waals surface area contributed by atoms with Crippen LogP contribution in [0.25, 0.3) is 0 Å². The third-order valence-corrected chi connectivity index (χ3v) is 6.70. The van der Waals surface area contributed by atoms with Crippen LogP contribution in [0.1, 0.15) is 100 Å². The van der Waals surface area contributed by atoms with Gasteiger partial charge >= 0.3 is 0 Å². The molecule has 0 bridgehead atoms. The third kappa shape index (κ3) is 9.79. The molecule has 26 heavy (non-hydrogen) atoms. The second-order valence-electron chi connectivity index (χ2n) is 9.14. The summed E-state index contributed by atoms with van der Waals surface area (Å²) in [6.07, 6.45) is 11.3. The van der Waals surface area contributed by atoms with E-state index < -0.39 is 0 Å². The van der Waals surface area contributed by atoms with Crippen molar-refractivity contribution in [2.75, 3.05) is 0 Å². The van der Waals surface area contributed by atoms with Crippen LogP contribution in [0.15, 0.2) is 36.0 Å². The highest BCUT2D eigenvalue weighted by molar-refractivity contribution is 5.35. The Bertz CT molecular complexity index is 439. The summed E-state index contributed by atoms with van der Waals surface area (Å²) in [5.41, 5.74) is 3.87. The SMILES string of the molecule is C=C(/C=C(/C)C(=C)C(C)CCC)C(C)CCC(C)C(C)CCC(C)CC. The fraction of sp³-hybridized carbons (Fsp3) is 0.769. The average Bonchev–Trinajstić information content (AvgIpc) is 2.62. The molecule has 5 atom stereocenters. The lowest BCUT2D eigenvalue weighted by molar-refractivity contribution is 0.301. The molecule has 0 saturated heterocycles. The van der Waals surface area contributed by atoms with Crippen LogP contribution >= 0.6 is 0 Å². The summed E-state index contributed by atoms with van der Waals surface area (Å²) in [6.45, 7) is 27.3. The van der Waals surface area contributed by atoms with Crippen molar-refractivity contribution in [2.24, 2.45) is 29.6 Å². The molecule has 0 saturated carbocycles. The first kappa shape index (κ1) is 25.2. The van der Waals surface area contributed by atoms with E-state index in [1.54, 1.807) is 0 Å². The van der Waals surface area contributed by atoms with Gasteiger partial charge in [0, 0.05) is 0 Å². The van der Waals surface area contributed by atoms with Crippen LogP contribution in [0.2, 0.25) is 0 Å². The van der Waals surface area contributed by atoms with Crippen molar-refractivity contribution in [3.63, 3.8) is 0 Å². The lowest BCUT2D eigenvalue weighted by atomic mass is 9.83. The lowest BCUT2D eigenvalue weighted by Gasteiger charge is -2.23. The van der Waals surface area contributed by atoms with Gasteiger partial charge in [0.15, 0.2) is 0 Å². The highest BCUT2D eigenvalue weighted by atomic mass is 14.2. The summed E-state index contributed by atoms with van der Waals surface area (Å²) >= 11 is 0. The van der Waals surface area contributed by atoms with Gasteiger partial charge in [0.1, 0.15) is 0 Å². The molecule has 0 N–H and O–H groups in total. The summed E-state index contributed by atoms with van der Waals surface area (Å²) < 4.78 is 0. The Morgan fingerprint density at radius 3 is 1.81 bits per heavy atom. The minimum absolute atomic E-state index is 0.559. The second kappa shape index (κ2) is 13.4. The van der Waals surface area contributed by atoms with Gasteiger partial charge in [-0.15, -0.1) is 0 Å². The maximum Gasteiger partial charge on any atom is -0.0194 e. The summed E-state index contributed by atoms with van der Waals surface area (Å²) in [5.74, 6) is 3.64. The van der Waals surface area contributed by atoms with Crippen LogP contribution < -0.4 is 0 Å². The first-order valence-electron chi connectivity index (χ1n) is 11.2.